The number of amides is 2. The van der Waals surface area contributed by atoms with Crippen LogP contribution in [0.15, 0.2) is 0 Å². The van der Waals surface area contributed by atoms with E-state index in [-0.39, 0.29) is 23.7 Å². The first-order valence-corrected chi connectivity index (χ1v) is 9.70. The molecule has 2 aliphatic rings. The van der Waals surface area contributed by atoms with Crippen LogP contribution < -0.4 is 4.72 Å². The summed E-state index contributed by atoms with van der Waals surface area (Å²) in [6.45, 7) is 4.70. The molecular formula is C14H25N3O4S. The van der Waals surface area contributed by atoms with Gasteiger partial charge in [-0.2, -0.15) is 0 Å². The fraction of sp³-hybridized carbons (Fsp3) is 0.857. The van der Waals surface area contributed by atoms with E-state index < -0.39 is 10.0 Å². The molecule has 2 saturated heterocycles. The number of sulfonamides is 1. The summed E-state index contributed by atoms with van der Waals surface area (Å²) in [6.07, 6.45) is 3.23. The predicted molar refractivity (Wildman–Crippen MR) is 82.5 cm³/mol. The van der Waals surface area contributed by atoms with Crippen LogP contribution in [-0.4, -0.2) is 69.0 Å². The third-order valence-electron chi connectivity index (χ3n) is 4.41. The molecule has 2 aliphatic heterocycles. The van der Waals surface area contributed by atoms with Crippen LogP contribution in [0.4, 0.5) is 0 Å². The molecule has 0 aliphatic carbocycles. The topological polar surface area (TPSA) is 86.8 Å². The second kappa shape index (κ2) is 6.95. The minimum atomic E-state index is -3.20. The minimum absolute atomic E-state index is 0.0355. The number of piperidine rings is 1. The summed E-state index contributed by atoms with van der Waals surface area (Å²) < 4.78 is 24.9. The van der Waals surface area contributed by atoms with Crippen LogP contribution in [-0.2, 0) is 19.6 Å². The maximum atomic E-state index is 12.6. The van der Waals surface area contributed by atoms with Crippen molar-refractivity contribution in [3.8, 4) is 0 Å². The van der Waals surface area contributed by atoms with Crippen molar-refractivity contribution in [1.82, 2.24) is 14.5 Å². The molecule has 0 spiro atoms. The standard InChI is InChI=1S/C14H25N3O4S/c1-3-16-10-12(7-13(16)18)14(19)17-6-4-5-11(9-17)8-15-22(2,20)21/h11-12,15H,3-10H2,1-2H3. The van der Waals surface area contributed by atoms with Gasteiger partial charge < -0.3 is 9.80 Å². The van der Waals surface area contributed by atoms with Crippen molar-refractivity contribution in [2.24, 2.45) is 11.8 Å². The van der Waals surface area contributed by atoms with Crippen molar-refractivity contribution in [2.75, 3.05) is 39.0 Å². The Kier molecular flexibility index (Phi) is 5.44. The van der Waals surface area contributed by atoms with Crippen molar-refractivity contribution in [3.63, 3.8) is 0 Å². The lowest BCUT2D eigenvalue weighted by molar-refractivity contribution is -0.137. The fourth-order valence-corrected chi connectivity index (χ4v) is 3.74. The summed E-state index contributed by atoms with van der Waals surface area (Å²) >= 11 is 0. The van der Waals surface area contributed by atoms with Gasteiger partial charge in [-0.05, 0) is 25.7 Å². The number of carbonyl (C=O) groups is 2. The minimum Gasteiger partial charge on any atom is -0.342 e. The molecule has 2 rings (SSSR count). The van der Waals surface area contributed by atoms with Crippen LogP contribution in [0.2, 0.25) is 0 Å². The molecule has 0 aromatic heterocycles. The van der Waals surface area contributed by atoms with Gasteiger partial charge in [-0.25, -0.2) is 13.1 Å². The summed E-state index contributed by atoms with van der Waals surface area (Å²) in [5.74, 6) is -0.0117. The van der Waals surface area contributed by atoms with Crippen LogP contribution in [0, 0.1) is 11.8 Å². The molecule has 0 saturated carbocycles. The molecule has 0 radical (unpaired) electrons. The first-order valence-electron chi connectivity index (χ1n) is 7.81. The SMILES string of the molecule is CCN1CC(C(=O)N2CCCC(CNS(C)(=O)=O)C2)CC1=O. The van der Waals surface area contributed by atoms with E-state index in [0.717, 1.165) is 19.1 Å². The van der Waals surface area contributed by atoms with Gasteiger partial charge >= 0.3 is 0 Å². The molecule has 7 nitrogen and oxygen atoms in total. The van der Waals surface area contributed by atoms with E-state index in [1.807, 2.05) is 6.92 Å². The van der Waals surface area contributed by atoms with Crippen LogP contribution in [0.25, 0.3) is 0 Å². The van der Waals surface area contributed by atoms with E-state index in [2.05, 4.69) is 4.72 Å². The van der Waals surface area contributed by atoms with E-state index in [9.17, 15) is 18.0 Å². The van der Waals surface area contributed by atoms with Crippen molar-refractivity contribution < 1.29 is 18.0 Å². The lowest BCUT2D eigenvalue weighted by Crippen LogP contribution is -2.46. The number of likely N-dealkylation sites (tertiary alicyclic amines) is 2. The van der Waals surface area contributed by atoms with E-state index in [1.54, 1.807) is 9.80 Å². The van der Waals surface area contributed by atoms with Gasteiger partial charge in [0.2, 0.25) is 21.8 Å². The first-order chi connectivity index (χ1) is 10.3. The third-order valence-corrected chi connectivity index (χ3v) is 5.10. The number of rotatable bonds is 5. The quantitative estimate of drug-likeness (QED) is 0.745. The molecule has 0 bridgehead atoms. The van der Waals surface area contributed by atoms with Gasteiger partial charge in [0, 0.05) is 39.1 Å². The van der Waals surface area contributed by atoms with Crippen molar-refractivity contribution in [3.05, 3.63) is 0 Å². The molecule has 126 valence electrons. The lowest BCUT2D eigenvalue weighted by Gasteiger charge is -2.34. The predicted octanol–water partition coefficient (Wildman–Crippen LogP) is -0.357. The highest BCUT2D eigenvalue weighted by molar-refractivity contribution is 7.88. The van der Waals surface area contributed by atoms with Crippen molar-refractivity contribution in [2.45, 2.75) is 26.2 Å². The van der Waals surface area contributed by atoms with Gasteiger partial charge in [0.25, 0.3) is 0 Å². The zero-order chi connectivity index (χ0) is 16.3. The number of carbonyl (C=O) groups excluding carboxylic acids is 2. The van der Waals surface area contributed by atoms with E-state index in [1.165, 1.54) is 0 Å². The first kappa shape index (κ1) is 17.2. The largest absolute Gasteiger partial charge is 0.342 e. The van der Waals surface area contributed by atoms with E-state index >= 15 is 0 Å². The maximum Gasteiger partial charge on any atom is 0.228 e. The molecule has 2 heterocycles. The molecule has 2 amide bonds. The Balaban J connectivity index is 1.89. The Hall–Kier alpha value is -1.15. The molecule has 0 aromatic rings. The van der Waals surface area contributed by atoms with E-state index in [4.69, 9.17) is 0 Å². The van der Waals surface area contributed by atoms with Crippen molar-refractivity contribution >= 4 is 21.8 Å². The molecule has 22 heavy (non-hydrogen) atoms. The number of nitrogens with zero attached hydrogens (tertiary/aromatic N) is 2. The molecule has 8 heteroatoms. The Morgan fingerprint density at radius 3 is 2.68 bits per heavy atom. The summed E-state index contributed by atoms with van der Waals surface area (Å²) in [7, 11) is -3.20. The van der Waals surface area contributed by atoms with Gasteiger partial charge in [0.15, 0.2) is 0 Å². The van der Waals surface area contributed by atoms with Gasteiger partial charge in [0.1, 0.15) is 0 Å². The van der Waals surface area contributed by atoms with Gasteiger partial charge in [0.05, 0.1) is 12.2 Å². The molecule has 1 N–H and O–H groups in total. The highest BCUT2D eigenvalue weighted by atomic mass is 32.2. The number of hydrogen-bond acceptors (Lipinski definition) is 4. The Morgan fingerprint density at radius 2 is 2.09 bits per heavy atom. The van der Waals surface area contributed by atoms with Crippen LogP contribution in [0.3, 0.4) is 0 Å². The smallest absolute Gasteiger partial charge is 0.228 e. The molecular weight excluding hydrogens is 306 g/mol. The van der Waals surface area contributed by atoms with Crippen LogP contribution in [0.5, 0.6) is 0 Å². The van der Waals surface area contributed by atoms with Crippen LogP contribution in [0.1, 0.15) is 26.2 Å². The molecule has 2 atom stereocenters. The van der Waals surface area contributed by atoms with Crippen LogP contribution >= 0.6 is 0 Å². The summed E-state index contributed by atoms with van der Waals surface area (Å²) in [5, 5.41) is 0. The Morgan fingerprint density at radius 1 is 1.36 bits per heavy atom. The normalized spacial score (nSPS) is 26.5. The zero-order valence-corrected chi connectivity index (χ0v) is 14.1. The highest BCUT2D eigenvalue weighted by Gasteiger charge is 2.37. The highest BCUT2D eigenvalue weighted by Crippen LogP contribution is 2.23. The number of nitrogens with one attached hydrogen (secondary N) is 1. The molecule has 2 fully saturated rings. The average Bonchev–Trinajstić information content (AvgIpc) is 2.85. The Bertz CT molecular complexity index is 534. The second-order valence-corrected chi connectivity index (χ2v) is 8.08. The third kappa shape index (κ3) is 4.42. The summed E-state index contributed by atoms with van der Waals surface area (Å²) in [6, 6.07) is 0. The molecule has 2 unspecified atom stereocenters. The summed E-state index contributed by atoms with van der Waals surface area (Å²) in [5.41, 5.74) is 0. The lowest BCUT2D eigenvalue weighted by atomic mass is 9.96. The molecule has 0 aromatic carbocycles. The average molecular weight is 331 g/mol. The van der Waals surface area contributed by atoms with Crippen molar-refractivity contribution in [1.29, 1.82) is 0 Å². The van der Waals surface area contributed by atoms with Gasteiger partial charge in [-0.15, -0.1) is 0 Å². The number of hydrogen-bond donors (Lipinski definition) is 1. The Labute approximate surface area is 132 Å². The monoisotopic (exact) mass is 331 g/mol. The maximum absolute atomic E-state index is 12.6. The van der Waals surface area contributed by atoms with Gasteiger partial charge in [-0.1, -0.05) is 0 Å². The second-order valence-electron chi connectivity index (χ2n) is 6.25. The zero-order valence-electron chi connectivity index (χ0n) is 13.2. The van der Waals surface area contributed by atoms with E-state index in [0.29, 0.717) is 39.1 Å². The van der Waals surface area contributed by atoms with Gasteiger partial charge in [-0.3, -0.25) is 9.59 Å². The summed E-state index contributed by atoms with van der Waals surface area (Å²) in [4.78, 5) is 27.8. The fourth-order valence-electron chi connectivity index (χ4n) is 3.20.